The highest BCUT2D eigenvalue weighted by atomic mass is 32.1. The number of benzene rings is 1. The van der Waals surface area contributed by atoms with E-state index in [1.165, 1.54) is 0 Å². The van der Waals surface area contributed by atoms with Crippen molar-refractivity contribution in [3.05, 3.63) is 35.5 Å². The topological polar surface area (TPSA) is 65.4 Å². The Morgan fingerprint density at radius 1 is 1.26 bits per heavy atom. The summed E-state index contributed by atoms with van der Waals surface area (Å²) in [7, 11) is 1.66. The maximum Gasteiger partial charge on any atom is 0.216 e. The number of nitrogens with two attached hydrogens (primary N) is 1. The van der Waals surface area contributed by atoms with Crippen LogP contribution in [0.4, 0.5) is 0 Å². The number of ether oxygens (including phenoxy) is 1. The zero-order chi connectivity index (χ0) is 13.2. The molecule has 0 bridgehead atoms. The Balaban J connectivity index is 2.10. The average molecular weight is 274 g/mol. The molecular weight excluding hydrogens is 260 g/mol. The fourth-order valence-corrected chi connectivity index (χ4v) is 2.89. The summed E-state index contributed by atoms with van der Waals surface area (Å²) in [5, 5.41) is 10.4. The quantitative estimate of drug-likeness (QED) is 0.790. The molecule has 0 fully saturated rings. The molecule has 2 heterocycles. The van der Waals surface area contributed by atoms with Crippen molar-refractivity contribution in [1.29, 1.82) is 0 Å². The third-order valence-electron chi connectivity index (χ3n) is 2.97. The predicted molar refractivity (Wildman–Crippen MR) is 75.6 cm³/mol. The van der Waals surface area contributed by atoms with Gasteiger partial charge >= 0.3 is 0 Å². The fourth-order valence-electron chi connectivity index (χ4n) is 2.03. The van der Waals surface area contributed by atoms with Crippen LogP contribution in [0, 0.1) is 0 Å². The molecule has 19 heavy (non-hydrogen) atoms. The minimum Gasteiger partial charge on any atom is -0.497 e. The maximum absolute atomic E-state index is 5.61. The average Bonchev–Trinajstić information content (AvgIpc) is 3.02. The van der Waals surface area contributed by atoms with Gasteiger partial charge in [-0.15, -0.1) is 21.5 Å². The molecular formula is C13H14N4OS. The second kappa shape index (κ2) is 4.99. The normalized spacial score (nSPS) is 11.1. The van der Waals surface area contributed by atoms with Crippen molar-refractivity contribution in [3.8, 4) is 17.0 Å². The molecule has 3 aromatic rings. The van der Waals surface area contributed by atoms with Crippen LogP contribution in [-0.4, -0.2) is 28.3 Å². The molecule has 0 saturated heterocycles. The van der Waals surface area contributed by atoms with Crippen molar-refractivity contribution in [2.75, 3.05) is 13.7 Å². The second-order valence-corrected chi connectivity index (χ2v) is 4.96. The first-order valence-electron chi connectivity index (χ1n) is 5.99. The fraction of sp³-hybridized carbons (Fsp3) is 0.231. The number of rotatable bonds is 4. The number of hydrogen-bond donors (Lipinski definition) is 1. The second-order valence-electron chi connectivity index (χ2n) is 4.12. The molecule has 2 N–H and O–H groups in total. The lowest BCUT2D eigenvalue weighted by Crippen LogP contribution is -2.06. The third-order valence-corrected chi connectivity index (χ3v) is 3.79. The summed E-state index contributed by atoms with van der Waals surface area (Å²) in [6.07, 6.45) is 0.723. The summed E-state index contributed by atoms with van der Waals surface area (Å²) >= 11 is 1.58. The van der Waals surface area contributed by atoms with Crippen molar-refractivity contribution >= 4 is 16.3 Å². The van der Waals surface area contributed by atoms with Gasteiger partial charge in [0.05, 0.1) is 12.8 Å². The lowest BCUT2D eigenvalue weighted by atomic mass is 10.1. The summed E-state index contributed by atoms with van der Waals surface area (Å²) in [6.45, 7) is 0.568. The van der Waals surface area contributed by atoms with Gasteiger partial charge in [0.2, 0.25) is 4.96 Å². The Kier molecular flexibility index (Phi) is 3.18. The minimum absolute atomic E-state index is 0.568. The number of hydrogen-bond acceptors (Lipinski definition) is 5. The lowest BCUT2D eigenvalue weighted by Gasteiger charge is -2.04. The summed E-state index contributed by atoms with van der Waals surface area (Å²) < 4.78 is 7.24. The van der Waals surface area contributed by atoms with E-state index < -0.39 is 0 Å². The van der Waals surface area contributed by atoms with Crippen LogP contribution in [0.3, 0.4) is 0 Å². The van der Waals surface area contributed by atoms with E-state index in [0.29, 0.717) is 6.54 Å². The molecule has 3 rings (SSSR count). The molecule has 1 aromatic carbocycles. The van der Waals surface area contributed by atoms with Crippen LogP contribution in [0.5, 0.6) is 5.75 Å². The van der Waals surface area contributed by atoms with Crippen molar-refractivity contribution in [1.82, 2.24) is 14.6 Å². The van der Waals surface area contributed by atoms with Crippen LogP contribution in [-0.2, 0) is 6.42 Å². The van der Waals surface area contributed by atoms with Gasteiger partial charge < -0.3 is 10.5 Å². The number of aromatic nitrogens is 3. The van der Waals surface area contributed by atoms with E-state index in [1.54, 1.807) is 18.4 Å². The highest BCUT2D eigenvalue weighted by Crippen LogP contribution is 2.27. The van der Waals surface area contributed by atoms with E-state index in [-0.39, 0.29) is 0 Å². The summed E-state index contributed by atoms with van der Waals surface area (Å²) in [5.74, 6) is 1.76. The van der Waals surface area contributed by atoms with Crippen LogP contribution >= 0.6 is 11.3 Å². The van der Waals surface area contributed by atoms with Gasteiger partial charge in [-0.2, -0.15) is 0 Å². The zero-order valence-electron chi connectivity index (χ0n) is 10.5. The van der Waals surface area contributed by atoms with E-state index in [4.69, 9.17) is 10.5 Å². The van der Waals surface area contributed by atoms with E-state index in [0.717, 1.165) is 34.2 Å². The molecule has 2 aromatic heterocycles. The number of methoxy groups -OCH3 is 1. The number of nitrogens with zero attached hydrogens (tertiary/aromatic N) is 3. The number of thiazole rings is 1. The monoisotopic (exact) mass is 274 g/mol. The van der Waals surface area contributed by atoms with E-state index in [2.05, 4.69) is 20.0 Å². The highest BCUT2D eigenvalue weighted by molar-refractivity contribution is 7.15. The van der Waals surface area contributed by atoms with E-state index >= 15 is 0 Å². The van der Waals surface area contributed by atoms with Gasteiger partial charge in [0, 0.05) is 11.8 Å². The molecule has 0 atom stereocenters. The van der Waals surface area contributed by atoms with Crippen LogP contribution in [0.15, 0.2) is 29.6 Å². The largest absolute Gasteiger partial charge is 0.497 e. The first kappa shape index (κ1) is 12.1. The van der Waals surface area contributed by atoms with Crippen molar-refractivity contribution in [3.63, 3.8) is 0 Å². The SMILES string of the molecule is COc1ccc(-c2csc3nnc(CCN)n23)cc1. The first-order valence-corrected chi connectivity index (χ1v) is 6.87. The molecule has 0 aliphatic heterocycles. The molecule has 5 nitrogen and oxygen atoms in total. The molecule has 6 heteroatoms. The van der Waals surface area contributed by atoms with Crippen LogP contribution < -0.4 is 10.5 Å². The van der Waals surface area contributed by atoms with Crippen molar-refractivity contribution in [2.45, 2.75) is 6.42 Å². The lowest BCUT2D eigenvalue weighted by molar-refractivity contribution is 0.415. The minimum atomic E-state index is 0.568. The first-order chi connectivity index (χ1) is 9.33. The molecule has 0 aliphatic carbocycles. The molecule has 98 valence electrons. The zero-order valence-corrected chi connectivity index (χ0v) is 11.4. The van der Waals surface area contributed by atoms with E-state index in [1.807, 2.05) is 24.3 Å². The van der Waals surface area contributed by atoms with E-state index in [9.17, 15) is 0 Å². The number of fused-ring (bicyclic) bond motifs is 1. The predicted octanol–water partition coefficient (Wildman–Crippen LogP) is 1.97. The third kappa shape index (κ3) is 2.09. The van der Waals surface area contributed by atoms with Gasteiger partial charge in [-0.05, 0) is 36.4 Å². The Morgan fingerprint density at radius 3 is 2.74 bits per heavy atom. The highest BCUT2D eigenvalue weighted by Gasteiger charge is 2.12. The Morgan fingerprint density at radius 2 is 2.05 bits per heavy atom. The Bertz CT molecular complexity index is 686. The van der Waals surface area contributed by atoms with Gasteiger partial charge in [-0.1, -0.05) is 0 Å². The molecule has 0 radical (unpaired) electrons. The summed E-state index contributed by atoms with van der Waals surface area (Å²) in [6, 6.07) is 7.97. The van der Waals surface area contributed by atoms with Crippen molar-refractivity contribution < 1.29 is 4.74 Å². The molecule has 0 amide bonds. The molecule has 0 unspecified atom stereocenters. The van der Waals surface area contributed by atoms with Gasteiger partial charge in [0.15, 0.2) is 0 Å². The Hall–Kier alpha value is -1.92. The smallest absolute Gasteiger partial charge is 0.216 e. The van der Waals surface area contributed by atoms with Crippen molar-refractivity contribution in [2.24, 2.45) is 5.73 Å². The summed E-state index contributed by atoms with van der Waals surface area (Å²) in [5.41, 5.74) is 7.82. The van der Waals surface area contributed by atoms with Gasteiger partial charge in [-0.3, -0.25) is 4.40 Å². The van der Waals surface area contributed by atoms with Crippen LogP contribution in [0.2, 0.25) is 0 Å². The Labute approximate surface area is 114 Å². The molecule has 0 aliphatic rings. The van der Waals surface area contributed by atoms with Crippen LogP contribution in [0.1, 0.15) is 5.82 Å². The van der Waals surface area contributed by atoms with Crippen LogP contribution in [0.25, 0.3) is 16.2 Å². The summed E-state index contributed by atoms with van der Waals surface area (Å²) in [4.78, 5) is 0.897. The van der Waals surface area contributed by atoms with Gasteiger partial charge in [0.1, 0.15) is 11.6 Å². The standard InChI is InChI=1S/C13H14N4OS/c1-18-10-4-2-9(3-5-10)11-8-19-13-16-15-12(6-7-14)17(11)13/h2-5,8H,6-7,14H2,1H3. The van der Waals surface area contributed by atoms with Gasteiger partial charge in [-0.25, -0.2) is 0 Å². The molecule has 0 spiro atoms. The maximum atomic E-state index is 5.61. The van der Waals surface area contributed by atoms with Gasteiger partial charge in [0.25, 0.3) is 0 Å². The molecule has 0 saturated carbocycles.